The Morgan fingerprint density at radius 1 is 1.39 bits per heavy atom. The number of carbonyl (C=O) groups is 1. The Hall–Kier alpha value is -2.37. The van der Waals surface area contributed by atoms with Crippen LogP contribution in [0.4, 0.5) is 11.5 Å². The van der Waals surface area contributed by atoms with Crippen molar-refractivity contribution in [1.82, 2.24) is 9.97 Å². The van der Waals surface area contributed by atoms with Crippen molar-refractivity contribution < 1.29 is 13.2 Å². The highest BCUT2D eigenvalue weighted by Gasteiger charge is 2.17. The van der Waals surface area contributed by atoms with Crippen LogP contribution in [0.2, 0.25) is 0 Å². The molecule has 0 aliphatic rings. The molecule has 0 aliphatic carbocycles. The molecule has 1 amide bonds. The number of aromatic nitrogens is 2. The van der Waals surface area contributed by atoms with E-state index in [-0.39, 0.29) is 27.1 Å². The molecule has 1 aromatic heterocycles. The number of aromatic amines is 1. The number of primary amides is 1. The Morgan fingerprint density at radius 3 is 2.65 bits per heavy atom. The molecule has 0 spiro atoms. The van der Waals surface area contributed by atoms with E-state index in [1.807, 2.05) is 0 Å². The minimum Gasteiger partial charge on any atom is -0.365 e. The lowest BCUT2D eigenvalue weighted by molar-refractivity contribution is 0.0999. The predicted molar refractivity (Wildman–Crippen MR) is 86.3 cm³/mol. The van der Waals surface area contributed by atoms with Gasteiger partial charge in [-0.1, -0.05) is 17.8 Å². The fraction of sp³-hybridized carbons (Fsp3) is 0.0833. The van der Waals surface area contributed by atoms with Crippen molar-refractivity contribution in [2.24, 2.45) is 10.9 Å². The first kappa shape index (κ1) is 17.0. The Bertz CT molecular complexity index is 923. The van der Waals surface area contributed by atoms with Crippen molar-refractivity contribution in [1.29, 1.82) is 0 Å². The van der Waals surface area contributed by atoms with Gasteiger partial charge in [-0.05, 0) is 24.5 Å². The second-order valence-electron chi connectivity index (χ2n) is 4.36. The third kappa shape index (κ3) is 3.88. The van der Waals surface area contributed by atoms with Crippen molar-refractivity contribution in [2.75, 3.05) is 11.6 Å². The number of H-pyrrole nitrogens is 1. The maximum absolute atomic E-state index is 11.9. The SMILES string of the molecule is CSc1nc(Nc2cccc(S(N)(=O)=O)c2)c(C(N)=O)c(=O)[nH]1. The zero-order chi connectivity index (χ0) is 17.2. The van der Waals surface area contributed by atoms with Crippen LogP contribution in [0.25, 0.3) is 0 Å². The van der Waals surface area contributed by atoms with E-state index in [1.54, 1.807) is 6.26 Å². The molecule has 0 bridgehead atoms. The Morgan fingerprint density at radius 2 is 2.09 bits per heavy atom. The quantitative estimate of drug-likeness (QED) is 0.433. The average Bonchev–Trinajstić information content (AvgIpc) is 2.45. The monoisotopic (exact) mass is 355 g/mol. The molecule has 23 heavy (non-hydrogen) atoms. The summed E-state index contributed by atoms with van der Waals surface area (Å²) in [5, 5.41) is 8.05. The number of carbonyl (C=O) groups excluding carboxylic acids is 1. The van der Waals surface area contributed by atoms with Gasteiger partial charge in [-0.15, -0.1) is 0 Å². The van der Waals surface area contributed by atoms with Crippen molar-refractivity contribution in [3.63, 3.8) is 0 Å². The summed E-state index contributed by atoms with van der Waals surface area (Å²) in [7, 11) is -3.89. The van der Waals surface area contributed by atoms with E-state index < -0.39 is 21.5 Å². The second kappa shape index (κ2) is 6.40. The lowest BCUT2D eigenvalue weighted by atomic mass is 10.2. The van der Waals surface area contributed by atoms with Crippen molar-refractivity contribution in [2.45, 2.75) is 10.1 Å². The van der Waals surface area contributed by atoms with E-state index in [0.717, 1.165) is 11.8 Å². The first-order valence-corrected chi connectivity index (χ1v) is 8.87. The molecular weight excluding hydrogens is 342 g/mol. The fourth-order valence-corrected chi connectivity index (χ4v) is 2.69. The van der Waals surface area contributed by atoms with E-state index in [0.29, 0.717) is 0 Å². The highest BCUT2D eigenvalue weighted by molar-refractivity contribution is 7.98. The summed E-state index contributed by atoms with van der Waals surface area (Å²) in [6, 6.07) is 5.55. The van der Waals surface area contributed by atoms with Crippen LogP contribution in [-0.2, 0) is 10.0 Å². The van der Waals surface area contributed by atoms with E-state index in [2.05, 4.69) is 15.3 Å². The Labute approximate surface area is 135 Å². The van der Waals surface area contributed by atoms with Gasteiger partial charge in [0.25, 0.3) is 11.5 Å². The van der Waals surface area contributed by atoms with Gasteiger partial charge in [-0.2, -0.15) is 0 Å². The van der Waals surface area contributed by atoms with Gasteiger partial charge in [-0.25, -0.2) is 18.5 Å². The number of nitrogens with zero attached hydrogens (tertiary/aromatic N) is 1. The summed E-state index contributed by atoms with van der Waals surface area (Å²) in [6.07, 6.45) is 1.69. The van der Waals surface area contributed by atoms with Crippen LogP contribution in [0.3, 0.4) is 0 Å². The van der Waals surface area contributed by atoms with Crippen LogP contribution in [-0.4, -0.2) is 30.5 Å². The molecule has 0 saturated heterocycles. The minimum atomic E-state index is -3.89. The molecule has 2 aromatic rings. The molecular formula is C12H13N5O4S2. The number of benzene rings is 1. The van der Waals surface area contributed by atoms with Crippen LogP contribution < -0.4 is 21.7 Å². The van der Waals surface area contributed by atoms with Crippen molar-refractivity contribution in [3.05, 3.63) is 40.2 Å². The molecule has 6 N–H and O–H groups in total. The number of sulfonamides is 1. The average molecular weight is 355 g/mol. The number of primary sulfonamides is 1. The van der Waals surface area contributed by atoms with Gasteiger partial charge in [0, 0.05) is 5.69 Å². The number of hydrogen-bond acceptors (Lipinski definition) is 7. The summed E-state index contributed by atoms with van der Waals surface area (Å²) < 4.78 is 22.7. The number of hydrogen-bond donors (Lipinski definition) is 4. The molecule has 0 atom stereocenters. The molecule has 0 unspecified atom stereocenters. The third-order valence-electron chi connectivity index (χ3n) is 2.76. The molecule has 2 rings (SSSR count). The Kier molecular flexibility index (Phi) is 4.73. The number of amides is 1. The van der Waals surface area contributed by atoms with E-state index in [9.17, 15) is 18.0 Å². The van der Waals surface area contributed by atoms with Gasteiger partial charge in [0.1, 0.15) is 5.56 Å². The molecule has 11 heteroatoms. The predicted octanol–water partition coefficient (Wildman–Crippen LogP) is -0.0183. The zero-order valence-corrected chi connectivity index (χ0v) is 13.5. The largest absolute Gasteiger partial charge is 0.365 e. The van der Waals surface area contributed by atoms with E-state index in [1.165, 1.54) is 24.3 Å². The first-order chi connectivity index (χ1) is 10.7. The molecule has 0 fully saturated rings. The third-order valence-corrected chi connectivity index (χ3v) is 4.25. The molecule has 122 valence electrons. The first-order valence-electron chi connectivity index (χ1n) is 6.10. The molecule has 1 heterocycles. The fourth-order valence-electron chi connectivity index (χ4n) is 1.76. The summed E-state index contributed by atoms with van der Waals surface area (Å²) >= 11 is 1.16. The topological polar surface area (TPSA) is 161 Å². The molecule has 9 nitrogen and oxygen atoms in total. The van der Waals surface area contributed by atoms with Crippen molar-refractivity contribution in [3.8, 4) is 0 Å². The minimum absolute atomic E-state index is 0.0721. The number of nitrogens with one attached hydrogen (secondary N) is 2. The lowest BCUT2D eigenvalue weighted by Crippen LogP contribution is -2.26. The number of rotatable bonds is 5. The summed E-state index contributed by atoms with van der Waals surface area (Å²) in [6.45, 7) is 0. The number of nitrogens with two attached hydrogens (primary N) is 2. The van der Waals surface area contributed by atoms with Crippen LogP contribution >= 0.6 is 11.8 Å². The van der Waals surface area contributed by atoms with Crippen LogP contribution in [0.5, 0.6) is 0 Å². The molecule has 1 aromatic carbocycles. The normalized spacial score (nSPS) is 11.2. The van der Waals surface area contributed by atoms with Crippen LogP contribution in [0.1, 0.15) is 10.4 Å². The van der Waals surface area contributed by atoms with E-state index in [4.69, 9.17) is 10.9 Å². The highest BCUT2D eigenvalue weighted by atomic mass is 32.2. The van der Waals surface area contributed by atoms with Gasteiger partial charge < -0.3 is 16.0 Å². The van der Waals surface area contributed by atoms with Crippen LogP contribution in [0, 0.1) is 0 Å². The number of thioether (sulfide) groups is 1. The molecule has 0 saturated carbocycles. The van der Waals surface area contributed by atoms with Gasteiger partial charge in [0.2, 0.25) is 10.0 Å². The highest BCUT2D eigenvalue weighted by Crippen LogP contribution is 2.21. The zero-order valence-electron chi connectivity index (χ0n) is 11.9. The van der Waals surface area contributed by atoms with Gasteiger partial charge in [-0.3, -0.25) is 9.59 Å². The standard InChI is InChI=1S/C12H13N5O4S2/c1-22-12-16-10(8(9(13)18)11(19)17-12)15-6-3-2-4-7(5-6)23(14,20)21/h2-5H,1H3,(H2,13,18)(H2,14,20,21)(H2,15,16,17,19). The number of anilines is 2. The molecule has 0 radical (unpaired) electrons. The summed E-state index contributed by atoms with van der Waals surface area (Å²) in [5.74, 6) is -1.03. The van der Waals surface area contributed by atoms with Gasteiger partial charge in [0.15, 0.2) is 11.0 Å². The van der Waals surface area contributed by atoms with Gasteiger partial charge in [0.05, 0.1) is 4.90 Å². The van der Waals surface area contributed by atoms with Crippen LogP contribution in [0.15, 0.2) is 39.1 Å². The summed E-state index contributed by atoms with van der Waals surface area (Å²) in [4.78, 5) is 29.7. The smallest absolute Gasteiger partial charge is 0.266 e. The van der Waals surface area contributed by atoms with Gasteiger partial charge >= 0.3 is 0 Å². The van der Waals surface area contributed by atoms with E-state index >= 15 is 0 Å². The van der Waals surface area contributed by atoms with Crippen molar-refractivity contribution >= 4 is 39.2 Å². The maximum atomic E-state index is 11.9. The Balaban J connectivity index is 2.54. The lowest BCUT2D eigenvalue weighted by Gasteiger charge is -2.10. The molecule has 0 aliphatic heterocycles. The summed E-state index contributed by atoms with van der Waals surface area (Å²) in [5.41, 5.74) is 4.43. The second-order valence-corrected chi connectivity index (χ2v) is 6.72. The maximum Gasteiger partial charge on any atom is 0.266 e.